The van der Waals surface area contributed by atoms with Gasteiger partial charge in [-0.3, -0.25) is 14.6 Å². The monoisotopic (exact) mass is 363 g/mol. The van der Waals surface area contributed by atoms with E-state index in [-0.39, 0.29) is 11.8 Å². The highest BCUT2D eigenvalue weighted by Crippen LogP contribution is 2.13. The smallest absolute Gasteiger partial charge is 0.257 e. The molecule has 27 heavy (non-hydrogen) atoms. The number of anilines is 1. The number of hydrogen-bond acceptors (Lipinski definition) is 5. The van der Waals surface area contributed by atoms with Crippen LogP contribution in [0.4, 0.5) is 5.69 Å². The minimum absolute atomic E-state index is 0.105. The van der Waals surface area contributed by atoms with Crippen LogP contribution < -0.4 is 5.32 Å². The molecule has 1 aliphatic rings. The highest BCUT2D eigenvalue weighted by atomic mass is 16.2. The molecule has 1 aromatic carbocycles. The van der Waals surface area contributed by atoms with E-state index in [2.05, 4.69) is 22.1 Å². The van der Waals surface area contributed by atoms with Gasteiger partial charge >= 0.3 is 0 Å². The first kappa shape index (κ1) is 18.5. The Morgan fingerprint density at radius 3 is 2.41 bits per heavy atom. The fourth-order valence-electron chi connectivity index (χ4n) is 2.96. The molecule has 1 saturated heterocycles. The number of likely N-dealkylation sites (N-methyl/N-ethyl adjacent to an activating group) is 1. The van der Waals surface area contributed by atoms with Gasteiger partial charge in [0.15, 0.2) is 0 Å². The number of carbonyl (C=O) groups is 2. The summed E-state index contributed by atoms with van der Waals surface area (Å²) in [7, 11) is 0. The number of rotatable bonds is 4. The summed E-state index contributed by atoms with van der Waals surface area (Å²) >= 11 is 0. The summed E-state index contributed by atoms with van der Waals surface area (Å²) in [5.74, 6) is -0.455. The standard InChI is InChI=1S/C20H21N5O2/c1-2-24-7-9-25(10-8-24)20(27)17-11-16(13-22-14-17)19(26)23-18-5-3-15(12-21)4-6-18/h3-6,11,13-14H,2,7-10H2,1H3,(H,23,26). The third-order valence-electron chi connectivity index (χ3n) is 4.63. The van der Waals surface area contributed by atoms with Gasteiger partial charge in [0.2, 0.25) is 0 Å². The first-order valence-electron chi connectivity index (χ1n) is 8.89. The van der Waals surface area contributed by atoms with E-state index in [0.29, 0.717) is 35.5 Å². The third-order valence-corrected chi connectivity index (χ3v) is 4.63. The fraction of sp³-hybridized carbons (Fsp3) is 0.300. The van der Waals surface area contributed by atoms with E-state index in [4.69, 9.17) is 5.26 Å². The largest absolute Gasteiger partial charge is 0.336 e. The van der Waals surface area contributed by atoms with Gasteiger partial charge in [-0.05, 0) is 36.9 Å². The van der Waals surface area contributed by atoms with Crippen LogP contribution in [0.2, 0.25) is 0 Å². The lowest BCUT2D eigenvalue weighted by molar-refractivity contribution is 0.0643. The van der Waals surface area contributed by atoms with Crippen molar-refractivity contribution in [1.82, 2.24) is 14.8 Å². The number of pyridine rings is 1. The molecule has 2 amide bonds. The second-order valence-corrected chi connectivity index (χ2v) is 6.33. The van der Waals surface area contributed by atoms with Crippen LogP contribution in [0.25, 0.3) is 0 Å². The molecule has 0 spiro atoms. The number of nitrogens with one attached hydrogen (secondary N) is 1. The maximum atomic E-state index is 12.7. The van der Waals surface area contributed by atoms with Gasteiger partial charge in [-0.15, -0.1) is 0 Å². The average Bonchev–Trinajstić information content (AvgIpc) is 2.74. The molecule has 1 N–H and O–H groups in total. The zero-order valence-corrected chi connectivity index (χ0v) is 15.2. The molecule has 2 aromatic rings. The van der Waals surface area contributed by atoms with Crippen LogP contribution in [0.5, 0.6) is 0 Å². The Labute approximate surface area is 158 Å². The van der Waals surface area contributed by atoms with Gasteiger partial charge in [0, 0.05) is 44.3 Å². The van der Waals surface area contributed by atoms with E-state index < -0.39 is 0 Å². The van der Waals surface area contributed by atoms with Gasteiger partial charge in [-0.1, -0.05) is 6.92 Å². The molecule has 0 saturated carbocycles. The molecule has 0 bridgehead atoms. The van der Waals surface area contributed by atoms with Crippen molar-refractivity contribution < 1.29 is 9.59 Å². The van der Waals surface area contributed by atoms with E-state index in [1.807, 2.05) is 6.07 Å². The van der Waals surface area contributed by atoms with Crippen LogP contribution in [-0.4, -0.2) is 59.3 Å². The SMILES string of the molecule is CCN1CCN(C(=O)c2cncc(C(=O)Nc3ccc(C#N)cc3)c2)CC1. The van der Waals surface area contributed by atoms with Crippen molar-refractivity contribution in [3.63, 3.8) is 0 Å². The van der Waals surface area contributed by atoms with Gasteiger partial charge in [0.05, 0.1) is 22.8 Å². The second kappa shape index (κ2) is 8.43. The summed E-state index contributed by atoms with van der Waals surface area (Å²) in [5, 5.41) is 11.6. The van der Waals surface area contributed by atoms with E-state index >= 15 is 0 Å². The Balaban J connectivity index is 1.68. The summed E-state index contributed by atoms with van der Waals surface area (Å²) in [6, 6.07) is 10.2. The molecule has 7 heteroatoms. The Morgan fingerprint density at radius 2 is 1.78 bits per heavy atom. The third kappa shape index (κ3) is 4.49. The summed E-state index contributed by atoms with van der Waals surface area (Å²) in [5.41, 5.74) is 1.82. The van der Waals surface area contributed by atoms with Crippen LogP contribution >= 0.6 is 0 Å². The first-order valence-corrected chi connectivity index (χ1v) is 8.89. The number of piperazine rings is 1. The molecule has 0 aliphatic carbocycles. The Bertz CT molecular complexity index is 865. The number of benzene rings is 1. The van der Waals surface area contributed by atoms with Crippen LogP contribution in [0.3, 0.4) is 0 Å². The van der Waals surface area contributed by atoms with Crippen molar-refractivity contribution in [2.24, 2.45) is 0 Å². The lowest BCUT2D eigenvalue weighted by atomic mass is 10.1. The molecular weight excluding hydrogens is 342 g/mol. The minimum atomic E-state index is -0.349. The number of nitriles is 1. The maximum Gasteiger partial charge on any atom is 0.257 e. The summed E-state index contributed by atoms with van der Waals surface area (Å²) in [6.07, 6.45) is 2.93. The molecule has 7 nitrogen and oxygen atoms in total. The van der Waals surface area contributed by atoms with Crippen molar-refractivity contribution in [2.75, 3.05) is 38.0 Å². The van der Waals surface area contributed by atoms with Crippen molar-refractivity contribution >= 4 is 17.5 Å². The quantitative estimate of drug-likeness (QED) is 0.897. The molecule has 1 fully saturated rings. The Hall–Kier alpha value is -3.24. The number of nitrogens with zero attached hydrogens (tertiary/aromatic N) is 4. The first-order chi connectivity index (χ1) is 13.1. The van der Waals surface area contributed by atoms with Gasteiger partial charge in [0.25, 0.3) is 11.8 Å². The normalized spacial score (nSPS) is 14.4. The molecule has 2 heterocycles. The van der Waals surface area contributed by atoms with Crippen LogP contribution in [0.15, 0.2) is 42.7 Å². The molecule has 0 atom stereocenters. The van der Waals surface area contributed by atoms with E-state index in [1.165, 1.54) is 12.4 Å². The lowest BCUT2D eigenvalue weighted by Crippen LogP contribution is -2.48. The van der Waals surface area contributed by atoms with Gasteiger partial charge < -0.3 is 15.1 Å². The highest BCUT2D eigenvalue weighted by molar-refractivity contribution is 6.05. The minimum Gasteiger partial charge on any atom is -0.336 e. The summed E-state index contributed by atoms with van der Waals surface area (Å²) in [6.45, 7) is 6.15. The Kier molecular flexibility index (Phi) is 5.79. The van der Waals surface area contributed by atoms with Gasteiger partial charge in [0.1, 0.15) is 0 Å². The molecule has 1 aromatic heterocycles. The Morgan fingerprint density at radius 1 is 1.11 bits per heavy atom. The lowest BCUT2D eigenvalue weighted by Gasteiger charge is -2.34. The van der Waals surface area contributed by atoms with Gasteiger partial charge in [-0.2, -0.15) is 5.26 Å². The predicted octanol–water partition coefficient (Wildman–Crippen LogP) is 1.98. The topological polar surface area (TPSA) is 89.3 Å². The van der Waals surface area contributed by atoms with Crippen LogP contribution in [0.1, 0.15) is 33.2 Å². The van der Waals surface area contributed by atoms with Crippen molar-refractivity contribution in [1.29, 1.82) is 5.26 Å². The molecule has 0 radical (unpaired) electrons. The van der Waals surface area contributed by atoms with E-state index in [0.717, 1.165) is 19.6 Å². The molecule has 0 unspecified atom stereocenters. The molecular formula is C20H21N5O2. The number of amides is 2. The molecule has 138 valence electrons. The number of hydrogen-bond donors (Lipinski definition) is 1. The zero-order valence-electron chi connectivity index (χ0n) is 15.2. The molecule has 3 rings (SSSR count). The van der Waals surface area contributed by atoms with Crippen molar-refractivity contribution in [3.8, 4) is 6.07 Å². The summed E-state index contributed by atoms with van der Waals surface area (Å²) in [4.78, 5) is 33.3. The number of aromatic nitrogens is 1. The van der Waals surface area contributed by atoms with Crippen LogP contribution in [-0.2, 0) is 0 Å². The average molecular weight is 363 g/mol. The maximum absolute atomic E-state index is 12.7. The van der Waals surface area contributed by atoms with Gasteiger partial charge in [-0.25, -0.2) is 0 Å². The van der Waals surface area contributed by atoms with Crippen LogP contribution in [0, 0.1) is 11.3 Å². The summed E-state index contributed by atoms with van der Waals surface area (Å²) < 4.78 is 0. The zero-order chi connectivity index (χ0) is 19.2. The predicted molar refractivity (Wildman–Crippen MR) is 101 cm³/mol. The van der Waals surface area contributed by atoms with Crippen molar-refractivity contribution in [2.45, 2.75) is 6.92 Å². The van der Waals surface area contributed by atoms with E-state index in [1.54, 1.807) is 35.2 Å². The molecule has 1 aliphatic heterocycles. The van der Waals surface area contributed by atoms with E-state index in [9.17, 15) is 9.59 Å². The van der Waals surface area contributed by atoms with Crippen molar-refractivity contribution in [3.05, 3.63) is 59.4 Å². The fourth-order valence-corrected chi connectivity index (χ4v) is 2.96. The highest BCUT2D eigenvalue weighted by Gasteiger charge is 2.22. The number of carbonyl (C=O) groups excluding carboxylic acids is 2. The second-order valence-electron chi connectivity index (χ2n) is 6.33.